The Bertz CT molecular complexity index is 511. The van der Waals surface area contributed by atoms with Gasteiger partial charge >= 0.3 is 0 Å². The molecular weight excluding hydrogens is 222 g/mol. The van der Waals surface area contributed by atoms with Gasteiger partial charge in [-0.15, -0.1) is 0 Å². The molecule has 0 amide bonds. The first-order valence-electron chi connectivity index (χ1n) is 5.27. The molecule has 2 rings (SSSR count). The summed E-state index contributed by atoms with van der Waals surface area (Å²) in [6.07, 6.45) is 2.29. The lowest BCUT2D eigenvalue weighted by molar-refractivity contribution is 0.191. The van der Waals surface area contributed by atoms with Gasteiger partial charge < -0.3 is 15.2 Å². The van der Waals surface area contributed by atoms with Gasteiger partial charge in [-0.05, 0) is 6.42 Å². The number of aromatic nitrogens is 4. The molecule has 0 saturated carbocycles. The van der Waals surface area contributed by atoms with Crippen LogP contribution in [0.15, 0.2) is 6.33 Å². The average Bonchev–Trinajstić information content (AvgIpc) is 2.66. The molecule has 0 aliphatic heterocycles. The summed E-state index contributed by atoms with van der Waals surface area (Å²) in [6, 6.07) is 0. The number of nitrogens with zero attached hydrogens (tertiary/aromatic N) is 4. The van der Waals surface area contributed by atoms with Crippen molar-refractivity contribution in [2.24, 2.45) is 0 Å². The number of nitrogen functional groups attached to an aromatic ring is 1. The van der Waals surface area contributed by atoms with Gasteiger partial charge in [0.25, 0.3) is 0 Å². The fourth-order valence-corrected chi connectivity index (χ4v) is 1.67. The third-order valence-corrected chi connectivity index (χ3v) is 2.45. The van der Waals surface area contributed by atoms with E-state index in [0.29, 0.717) is 36.1 Å². The largest absolute Gasteiger partial charge is 0.479 e. The lowest BCUT2D eigenvalue weighted by Crippen LogP contribution is -2.06. The Morgan fingerprint density at radius 1 is 1.35 bits per heavy atom. The molecule has 0 spiro atoms. The topological polar surface area (TPSA) is 88.1 Å². The molecule has 2 N–H and O–H groups in total. The van der Waals surface area contributed by atoms with Gasteiger partial charge in [0.15, 0.2) is 11.2 Å². The fourth-order valence-electron chi connectivity index (χ4n) is 1.67. The zero-order valence-electron chi connectivity index (χ0n) is 9.88. The van der Waals surface area contributed by atoms with Crippen molar-refractivity contribution < 1.29 is 9.47 Å². The molecule has 0 aliphatic carbocycles. The summed E-state index contributed by atoms with van der Waals surface area (Å²) >= 11 is 0. The van der Waals surface area contributed by atoms with Crippen molar-refractivity contribution in [3.63, 3.8) is 0 Å². The van der Waals surface area contributed by atoms with Crippen LogP contribution in [-0.2, 0) is 11.3 Å². The summed E-state index contributed by atoms with van der Waals surface area (Å²) in [4.78, 5) is 12.4. The standard InChI is InChI=1S/C10H15N5O2/c1-16-5-3-4-15-8-7(14-10(15)11)9(17-2)13-6-12-8/h6H,3-5H2,1-2H3,(H2,11,14). The van der Waals surface area contributed by atoms with Crippen molar-refractivity contribution in [3.8, 4) is 5.88 Å². The first kappa shape index (κ1) is 11.6. The molecule has 0 radical (unpaired) electrons. The van der Waals surface area contributed by atoms with Gasteiger partial charge in [0.2, 0.25) is 11.8 Å². The van der Waals surface area contributed by atoms with Gasteiger partial charge in [-0.3, -0.25) is 4.57 Å². The molecule has 2 aromatic rings. The number of hydrogen-bond donors (Lipinski definition) is 1. The molecule has 7 nitrogen and oxygen atoms in total. The Morgan fingerprint density at radius 2 is 2.18 bits per heavy atom. The first-order valence-corrected chi connectivity index (χ1v) is 5.27. The van der Waals surface area contributed by atoms with Gasteiger partial charge in [0.05, 0.1) is 7.11 Å². The van der Waals surface area contributed by atoms with E-state index in [1.807, 2.05) is 4.57 Å². The molecule has 17 heavy (non-hydrogen) atoms. The molecule has 2 aromatic heterocycles. The van der Waals surface area contributed by atoms with Crippen LogP contribution in [0.5, 0.6) is 5.88 Å². The van der Waals surface area contributed by atoms with E-state index in [2.05, 4.69) is 15.0 Å². The number of ether oxygens (including phenoxy) is 2. The zero-order chi connectivity index (χ0) is 12.3. The lowest BCUT2D eigenvalue weighted by atomic mass is 10.4. The molecular formula is C10H15N5O2. The third-order valence-electron chi connectivity index (χ3n) is 2.45. The molecule has 0 saturated heterocycles. The van der Waals surface area contributed by atoms with Crippen LogP contribution < -0.4 is 10.5 Å². The number of imidazole rings is 1. The zero-order valence-corrected chi connectivity index (χ0v) is 9.88. The number of aryl methyl sites for hydroxylation is 1. The predicted octanol–water partition coefficient (Wildman–Crippen LogP) is 0.454. The van der Waals surface area contributed by atoms with E-state index in [9.17, 15) is 0 Å². The summed E-state index contributed by atoms with van der Waals surface area (Å²) in [5.74, 6) is 0.849. The molecule has 0 bridgehead atoms. The maximum absolute atomic E-state index is 5.85. The Kier molecular flexibility index (Phi) is 3.38. The Labute approximate surface area is 98.6 Å². The highest BCUT2D eigenvalue weighted by atomic mass is 16.5. The van der Waals surface area contributed by atoms with Gasteiger partial charge in [0.1, 0.15) is 6.33 Å². The molecule has 0 aliphatic rings. The number of hydrogen-bond acceptors (Lipinski definition) is 6. The fraction of sp³-hybridized carbons (Fsp3) is 0.500. The second-order valence-corrected chi connectivity index (χ2v) is 3.52. The highest BCUT2D eigenvalue weighted by molar-refractivity contribution is 5.78. The van der Waals surface area contributed by atoms with Crippen LogP contribution in [0.25, 0.3) is 11.2 Å². The second-order valence-electron chi connectivity index (χ2n) is 3.52. The van der Waals surface area contributed by atoms with E-state index in [0.717, 1.165) is 6.42 Å². The van der Waals surface area contributed by atoms with Crippen molar-refractivity contribution in [3.05, 3.63) is 6.33 Å². The normalized spacial score (nSPS) is 10.9. The van der Waals surface area contributed by atoms with E-state index in [1.54, 1.807) is 14.2 Å². The second kappa shape index (κ2) is 4.96. The van der Waals surface area contributed by atoms with Crippen molar-refractivity contribution in [2.75, 3.05) is 26.6 Å². The maximum Gasteiger partial charge on any atom is 0.245 e. The van der Waals surface area contributed by atoms with Crippen LogP contribution >= 0.6 is 0 Å². The number of anilines is 1. The number of fused-ring (bicyclic) bond motifs is 1. The SMILES string of the molecule is COCCCn1c(N)nc2c(OC)ncnc21. The van der Waals surface area contributed by atoms with Crippen LogP contribution in [0.4, 0.5) is 5.95 Å². The monoisotopic (exact) mass is 237 g/mol. The van der Waals surface area contributed by atoms with Crippen molar-refractivity contribution in [1.82, 2.24) is 19.5 Å². The lowest BCUT2D eigenvalue weighted by Gasteiger charge is -2.04. The first-order chi connectivity index (χ1) is 8.27. The number of rotatable bonds is 5. The van der Waals surface area contributed by atoms with E-state index in [-0.39, 0.29) is 0 Å². The van der Waals surface area contributed by atoms with Crippen LogP contribution in [0.2, 0.25) is 0 Å². The minimum absolute atomic E-state index is 0.412. The van der Waals surface area contributed by atoms with Gasteiger partial charge in [-0.1, -0.05) is 0 Å². The highest BCUT2D eigenvalue weighted by Gasteiger charge is 2.13. The predicted molar refractivity (Wildman–Crippen MR) is 62.8 cm³/mol. The van der Waals surface area contributed by atoms with Gasteiger partial charge in [-0.2, -0.15) is 4.98 Å². The highest BCUT2D eigenvalue weighted by Crippen LogP contribution is 2.22. The minimum Gasteiger partial charge on any atom is -0.479 e. The smallest absolute Gasteiger partial charge is 0.245 e. The molecule has 0 unspecified atom stereocenters. The van der Waals surface area contributed by atoms with E-state index in [4.69, 9.17) is 15.2 Å². The van der Waals surface area contributed by atoms with Gasteiger partial charge in [-0.25, -0.2) is 9.97 Å². The minimum atomic E-state index is 0.412. The molecule has 0 atom stereocenters. The van der Waals surface area contributed by atoms with Crippen LogP contribution in [-0.4, -0.2) is 40.3 Å². The van der Waals surface area contributed by atoms with Crippen LogP contribution in [0.1, 0.15) is 6.42 Å². The van der Waals surface area contributed by atoms with Crippen molar-refractivity contribution in [1.29, 1.82) is 0 Å². The van der Waals surface area contributed by atoms with Gasteiger partial charge in [0, 0.05) is 20.3 Å². The summed E-state index contributed by atoms with van der Waals surface area (Å²) in [5.41, 5.74) is 7.12. The third kappa shape index (κ3) is 2.14. The Hall–Kier alpha value is -1.89. The maximum atomic E-state index is 5.85. The summed E-state index contributed by atoms with van der Waals surface area (Å²) in [7, 11) is 3.21. The summed E-state index contributed by atoms with van der Waals surface area (Å²) in [6.45, 7) is 1.37. The van der Waals surface area contributed by atoms with Crippen LogP contribution in [0, 0.1) is 0 Å². The number of nitrogens with two attached hydrogens (primary N) is 1. The number of methoxy groups -OCH3 is 2. The van der Waals surface area contributed by atoms with Crippen molar-refractivity contribution in [2.45, 2.75) is 13.0 Å². The quantitative estimate of drug-likeness (QED) is 0.760. The Balaban J connectivity index is 2.38. The van der Waals surface area contributed by atoms with Crippen molar-refractivity contribution >= 4 is 17.1 Å². The molecule has 7 heteroatoms. The molecule has 0 fully saturated rings. The molecule has 92 valence electrons. The Morgan fingerprint density at radius 3 is 2.88 bits per heavy atom. The van der Waals surface area contributed by atoms with E-state index < -0.39 is 0 Å². The van der Waals surface area contributed by atoms with E-state index >= 15 is 0 Å². The van der Waals surface area contributed by atoms with Crippen LogP contribution in [0.3, 0.4) is 0 Å². The average molecular weight is 237 g/mol. The summed E-state index contributed by atoms with van der Waals surface area (Å²) < 4.78 is 12.0. The van der Waals surface area contributed by atoms with E-state index in [1.165, 1.54) is 6.33 Å². The molecule has 0 aromatic carbocycles. The molecule has 2 heterocycles. The summed E-state index contributed by atoms with van der Waals surface area (Å²) in [5, 5.41) is 0.